The van der Waals surface area contributed by atoms with Gasteiger partial charge in [0.05, 0.1) is 23.3 Å². The molecule has 0 radical (unpaired) electrons. The van der Waals surface area contributed by atoms with E-state index in [1.54, 1.807) is 6.07 Å². The fraction of sp³-hybridized carbons (Fsp3) is 0.577. The van der Waals surface area contributed by atoms with E-state index in [0.717, 1.165) is 43.9 Å². The summed E-state index contributed by atoms with van der Waals surface area (Å²) in [4.78, 5) is 37.1. The summed E-state index contributed by atoms with van der Waals surface area (Å²) in [5.74, 6) is -0.0339. The van der Waals surface area contributed by atoms with Crippen molar-refractivity contribution in [3.63, 3.8) is 0 Å². The molecule has 3 aliphatic heterocycles. The summed E-state index contributed by atoms with van der Waals surface area (Å²) in [5.41, 5.74) is 1.55. The molecule has 2 saturated heterocycles. The highest BCUT2D eigenvalue weighted by Gasteiger charge is 2.47. The second kappa shape index (κ2) is 9.76. The normalized spacial score (nSPS) is 24.0. The van der Waals surface area contributed by atoms with E-state index in [2.05, 4.69) is 39.2 Å². The number of carbonyl (C=O) groups is 2. The Labute approximate surface area is 216 Å². The van der Waals surface area contributed by atoms with Crippen LogP contribution in [0.2, 0.25) is 0 Å². The number of fused-ring (bicyclic) bond motifs is 1. The number of hydrogen-bond acceptors (Lipinski definition) is 7. The van der Waals surface area contributed by atoms with Gasteiger partial charge in [0.25, 0.3) is 5.91 Å². The van der Waals surface area contributed by atoms with Crippen molar-refractivity contribution in [3.05, 3.63) is 40.8 Å². The molecule has 5 heterocycles. The lowest BCUT2D eigenvalue weighted by Gasteiger charge is -2.49. The van der Waals surface area contributed by atoms with E-state index in [1.807, 2.05) is 29.7 Å². The molecule has 2 atom stereocenters. The predicted octanol–water partition coefficient (Wildman–Crippen LogP) is 2.67. The fourth-order valence-corrected chi connectivity index (χ4v) is 5.79. The van der Waals surface area contributed by atoms with Crippen LogP contribution in [0.25, 0.3) is 0 Å². The number of carbonyl (C=O) groups excluding carboxylic acids is 2. The van der Waals surface area contributed by atoms with Gasteiger partial charge in [-0.15, -0.1) is 0 Å². The van der Waals surface area contributed by atoms with Crippen LogP contribution in [-0.4, -0.2) is 86.2 Å². The Hall–Kier alpha value is -3.49. The number of nitriles is 1. The number of anilines is 1. The molecule has 196 valence electrons. The van der Waals surface area contributed by atoms with Crippen LogP contribution in [0.1, 0.15) is 67.8 Å². The Bertz CT molecular complexity index is 1210. The molecule has 0 spiro atoms. The summed E-state index contributed by atoms with van der Waals surface area (Å²) in [7, 11) is 0. The number of aromatic nitrogens is 3. The molecule has 2 N–H and O–H groups in total. The number of amides is 3. The highest BCUT2D eigenvalue weighted by molar-refractivity contribution is 6.02. The lowest BCUT2D eigenvalue weighted by molar-refractivity contribution is -0.0237. The summed E-state index contributed by atoms with van der Waals surface area (Å²) in [5, 5.41) is 19.1. The first kappa shape index (κ1) is 25.2. The smallest absolute Gasteiger partial charge is 0.321 e. The molecule has 5 rings (SSSR count). The van der Waals surface area contributed by atoms with Crippen molar-refractivity contribution in [2.75, 3.05) is 31.6 Å². The van der Waals surface area contributed by atoms with Crippen LogP contribution in [0.3, 0.4) is 0 Å². The zero-order valence-corrected chi connectivity index (χ0v) is 21.8. The standard InChI is InChI=1S/C26H34N8O3/c1-16-14-33(17(2)13-32(16)19-7-9-37-10-8-19)25(36)34-15-20-22(26(34,3)4)30-31-23(20)29-24(35)21-6-5-18(11-27)12-28-21/h5-6,12,16-17,19H,7-10,13-15H2,1-4H3,(H2,29,30,31,35)/t16-,17+/m1/s1. The second-order valence-corrected chi connectivity index (χ2v) is 10.7. The van der Waals surface area contributed by atoms with Crippen LogP contribution in [0.4, 0.5) is 10.6 Å². The molecule has 2 aromatic heterocycles. The molecule has 3 amide bonds. The van der Waals surface area contributed by atoms with E-state index in [1.165, 1.54) is 12.3 Å². The van der Waals surface area contributed by atoms with Gasteiger partial charge in [0.2, 0.25) is 0 Å². The molecule has 2 aromatic rings. The molecule has 0 saturated carbocycles. The van der Waals surface area contributed by atoms with E-state index in [9.17, 15) is 9.59 Å². The van der Waals surface area contributed by atoms with Crippen molar-refractivity contribution in [3.8, 4) is 6.07 Å². The Morgan fingerprint density at radius 3 is 2.62 bits per heavy atom. The van der Waals surface area contributed by atoms with E-state index < -0.39 is 11.4 Å². The minimum Gasteiger partial charge on any atom is -0.381 e. The molecule has 37 heavy (non-hydrogen) atoms. The number of H-pyrrole nitrogens is 1. The predicted molar refractivity (Wildman–Crippen MR) is 136 cm³/mol. The van der Waals surface area contributed by atoms with Crippen LogP contribution < -0.4 is 5.32 Å². The van der Waals surface area contributed by atoms with Gasteiger partial charge in [0, 0.05) is 56.2 Å². The first-order valence-electron chi connectivity index (χ1n) is 12.9. The number of pyridine rings is 1. The highest BCUT2D eigenvalue weighted by atomic mass is 16.5. The third-order valence-electron chi connectivity index (χ3n) is 8.00. The van der Waals surface area contributed by atoms with Gasteiger partial charge in [-0.25, -0.2) is 9.78 Å². The maximum atomic E-state index is 13.9. The molecule has 0 unspecified atom stereocenters. The number of urea groups is 1. The van der Waals surface area contributed by atoms with Crippen LogP contribution >= 0.6 is 0 Å². The maximum absolute atomic E-state index is 13.9. The van der Waals surface area contributed by atoms with Crippen molar-refractivity contribution in [1.29, 1.82) is 5.26 Å². The third-order valence-corrected chi connectivity index (χ3v) is 8.00. The van der Waals surface area contributed by atoms with Crippen molar-refractivity contribution >= 4 is 17.8 Å². The molecule has 11 nitrogen and oxygen atoms in total. The number of nitrogens with one attached hydrogen (secondary N) is 2. The average molecular weight is 507 g/mol. The Balaban J connectivity index is 1.29. The number of hydrogen-bond donors (Lipinski definition) is 2. The van der Waals surface area contributed by atoms with Gasteiger partial charge in [-0.2, -0.15) is 10.4 Å². The van der Waals surface area contributed by atoms with Crippen molar-refractivity contribution < 1.29 is 14.3 Å². The molecule has 0 aliphatic carbocycles. The van der Waals surface area contributed by atoms with E-state index in [0.29, 0.717) is 30.5 Å². The molecule has 0 aromatic carbocycles. The SMILES string of the molecule is C[C@@H]1CN(C(=O)N2Cc3c(NC(=O)c4ccc(C#N)cn4)n[nH]c3C2(C)C)[C@@H](C)CN1C1CCOCC1. The zero-order chi connectivity index (χ0) is 26.3. The summed E-state index contributed by atoms with van der Waals surface area (Å²) >= 11 is 0. The summed E-state index contributed by atoms with van der Waals surface area (Å²) < 4.78 is 5.55. The molecule has 11 heteroatoms. The lowest BCUT2D eigenvalue weighted by Crippen LogP contribution is -2.63. The molecular weight excluding hydrogens is 472 g/mol. The third kappa shape index (κ3) is 4.55. The van der Waals surface area contributed by atoms with Gasteiger partial charge in [-0.05, 0) is 52.7 Å². The number of piperazine rings is 1. The molecule has 3 aliphatic rings. The second-order valence-electron chi connectivity index (χ2n) is 10.7. The molecule has 0 bridgehead atoms. The van der Waals surface area contributed by atoms with Gasteiger partial charge >= 0.3 is 6.03 Å². The number of rotatable bonds is 3. The van der Waals surface area contributed by atoms with Crippen LogP contribution in [0.5, 0.6) is 0 Å². The first-order valence-corrected chi connectivity index (χ1v) is 12.9. The van der Waals surface area contributed by atoms with Gasteiger partial charge in [-0.3, -0.25) is 14.8 Å². The van der Waals surface area contributed by atoms with Gasteiger partial charge in [0.1, 0.15) is 11.8 Å². The maximum Gasteiger partial charge on any atom is 0.321 e. The minimum atomic E-state index is -0.615. The van der Waals surface area contributed by atoms with E-state index in [4.69, 9.17) is 10.00 Å². The van der Waals surface area contributed by atoms with Gasteiger partial charge in [-0.1, -0.05) is 0 Å². The number of aromatic amines is 1. The Morgan fingerprint density at radius 1 is 1.19 bits per heavy atom. The highest BCUT2D eigenvalue weighted by Crippen LogP contribution is 2.41. The van der Waals surface area contributed by atoms with Crippen LogP contribution in [-0.2, 0) is 16.8 Å². The largest absolute Gasteiger partial charge is 0.381 e. The average Bonchev–Trinajstić information content (AvgIpc) is 3.42. The topological polar surface area (TPSA) is 130 Å². The van der Waals surface area contributed by atoms with Crippen molar-refractivity contribution in [1.82, 2.24) is 29.9 Å². The quantitative estimate of drug-likeness (QED) is 0.654. The molecular formula is C26H34N8O3. The Kier molecular flexibility index (Phi) is 6.64. The van der Waals surface area contributed by atoms with Crippen molar-refractivity contribution in [2.45, 2.75) is 70.7 Å². The Morgan fingerprint density at radius 2 is 1.95 bits per heavy atom. The van der Waals surface area contributed by atoms with Gasteiger partial charge < -0.3 is 19.9 Å². The fourth-order valence-electron chi connectivity index (χ4n) is 5.79. The summed E-state index contributed by atoms with van der Waals surface area (Å²) in [6.07, 6.45) is 3.44. The summed E-state index contributed by atoms with van der Waals surface area (Å²) in [6.45, 7) is 11.8. The number of ether oxygens (including phenoxy) is 1. The minimum absolute atomic E-state index is 0.00777. The first-order chi connectivity index (χ1) is 17.7. The zero-order valence-electron chi connectivity index (χ0n) is 21.8. The monoisotopic (exact) mass is 506 g/mol. The van der Waals surface area contributed by atoms with Crippen LogP contribution in [0, 0.1) is 11.3 Å². The van der Waals surface area contributed by atoms with Crippen molar-refractivity contribution in [2.24, 2.45) is 0 Å². The summed E-state index contributed by atoms with van der Waals surface area (Å²) in [6, 6.07) is 5.89. The van der Waals surface area contributed by atoms with E-state index >= 15 is 0 Å². The number of nitrogens with zero attached hydrogens (tertiary/aromatic N) is 6. The lowest BCUT2D eigenvalue weighted by atomic mass is 9.99. The van der Waals surface area contributed by atoms with Crippen LogP contribution in [0.15, 0.2) is 18.3 Å². The van der Waals surface area contributed by atoms with Gasteiger partial charge in [0.15, 0.2) is 5.82 Å². The van der Waals surface area contributed by atoms with E-state index in [-0.39, 0.29) is 23.8 Å². The molecule has 2 fully saturated rings.